The van der Waals surface area contributed by atoms with Gasteiger partial charge in [-0.25, -0.2) is 9.59 Å². The van der Waals surface area contributed by atoms with E-state index in [0.717, 1.165) is 49.9 Å². The van der Waals surface area contributed by atoms with E-state index in [2.05, 4.69) is 0 Å². The van der Waals surface area contributed by atoms with Crippen molar-refractivity contribution in [3.8, 4) is 0 Å². The van der Waals surface area contributed by atoms with Gasteiger partial charge >= 0.3 is 23.9 Å². The van der Waals surface area contributed by atoms with Gasteiger partial charge in [0.1, 0.15) is 6.61 Å². The lowest BCUT2D eigenvalue weighted by atomic mass is 10.2. The van der Waals surface area contributed by atoms with Crippen LogP contribution in [0.4, 0.5) is 0 Å². The van der Waals surface area contributed by atoms with Crippen molar-refractivity contribution in [2.45, 2.75) is 65.2 Å². The molecule has 0 atom stereocenters. The molecule has 0 aromatic carbocycles. The van der Waals surface area contributed by atoms with Gasteiger partial charge in [-0.3, -0.25) is 9.59 Å². The Morgan fingerprint density at radius 1 is 0.656 bits per heavy atom. The Hall–Kier alpha value is -2.07. The van der Waals surface area contributed by atoms with E-state index in [1.807, 2.05) is 13.8 Å². The molecular weight excluding hydrogens is 440 g/mol. The largest absolute Gasteiger partial charge is 0.466 e. The Kier molecular flexibility index (Phi) is 20.7. The van der Waals surface area contributed by atoms with Crippen LogP contribution >= 0.6 is 12.0 Å². The molecule has 0 aliphatic rings. The second kappa shape index (κ2) is 22.1. The first-order valence-electron chi connectivity index (χ1n) is 11.1. The molecule has 0 unspecified atom stereocenters. The molecule has 0 saturated heterocycles. The molecule has 0 aliphatic carbocycles. The van der Waals surface area contributed by atoms with Crippen LogP contribution in [0.25, 0.3) is 0 Å². The fourth-order valence-corrected chi connectivity index (χ4v) is 2.52. The molecule has 184 valence electrons. The smallest absolute Gasteiger partial charge is 0.331 e. The summed E-state index contributed by atoms with van der Waals surface area (Å²) in [6.45, 7) is 5.32. The minimum Gasteiger partial charge on any atom is -0.466 e. The third-order valence-electron chi connectivity index (χ3n) is 3.81. The van der Waals surface area contributed by atoms with Crippen LogP contribution in [0, 0.1) is 0 Å². The topological polar surface area (TPSA) is 114 Å². The lowest BCUT2D eigenvalue weighted by Gasteiger charge is -2.05. The standard InChI is InChI=1S/C22H36O9S/c1-3-5-13-28-19(23)9-7-8-10-22(26)31-32-18-17-27-15-16-30-21(25)12-11-20(24)29-14-6-4-2/h11-12H,3-10,13-18H2,1-2H3/b12-11-. The molecule has 32 heavy (non-hydrogen) atoms. The van der Waals surface area contributed by atoms with E-state index in [1.165, 1.54) is 0 Å². The Balaban J connectivity index is 3.50. The maximum absolute atomic E-state index is 11.6. The van der Waals surface area contributed by atoms with Gasteiger partial charge in [-0.05, 0) is 25.7 Å². The van der Waals surface area contributed by atoms with Crippen LogP contribution in [-0.2, 0) is 42.3 Å². The third-order valence-corrected chi connectivity index (χ3v) is 4.44. The molecule has 0 heterocycles. The summed E-state index contributed by atoms with van der Waals surface area (Å²) < 4.78 is 25.1. The van der Waals surface area contributed by atoms with E-state index in [1.54, 1.807) is 0 Å². The predicted molar refractivity (Wildman–Crippen MR) is 120 cm³/mol. The number of carbonyl (C=O) groups is 4. The van der Waals surface area contributed by atoms with Gasteiger partial charge < -0.3 is 23.1 Å². The first-order valence-corrected chi connectivity index (χ1v) is 12.0. The zero-order chi connectivity index (χ0) is 23.9. The van der Waals surface area contributed by atoms with Crippen molar-refractivity contribution in [3.05, 3.63) is 12.2 Å². The van der Waals surface area contributed by atoms with E-state index in [-0.39, 0.29) is 31.6 Å². The van der Waals surface area contributed by atoms with Crippen LogP contribution < -0.4 is 0 Å². The molecule has 9 nitrogen and oxygen atoms in total. The number of unbranched alkanes of at least 4 members (excludes halogenated alkanes) is 3. The van der Waals surface area contributed by atoms with Gasteiger partial charge in [0.2, 0.25) is 0 Å². The van der Waals surface area contributed by atoms with Gasteiger partial charge in [-0.2, -0.15) is 0 Å². The number of carbonyl (C=O) groups excluding carboxylic acids is 4. The van der Waals surface area contributed by atoms with E-state index in [4.69, 9.17) is 23.1 Å². The zero-order valence-electron chi connectivity index (χ0n) is 19.1. The van der Waals surface area contributed by atoms with Crippen molar-refractivity contribution in [1.82, 2.24) is 0 Å². The lowest BCUT2D eigenvalue weighted by molar-refractivity contribution is -0.144. The Bertz CT molecular complexity index is 564. The molecule has 0 saturated carbocycles. The van der Waals surface area contributed by atoms with Crippen molar-refractivity contribution in [3.63, 3.8) is 0 Å². The minimum absolute atomic E-state index is 0.0411. The molecule has 0 N–H and O–H groups in total. The maximum Gasteiger partial charge on any atom is 0.331 e. The number of rotatable bonds is 20. The van der Waals surface area contributed by atoms with Gasteiger partial charge in [-0.1, -0.05) is 26.7 Å². The number of esters is 3. The summed E-state index contributed by atoms with van der Waals surface area (Å²) in [7, 11) is 0. The Morgan fingerprint density at radius 3 is 1.84 bits per heavy atom. The highest BCUT2D eigenvalue weighted by Crippen LogP contribution is 2.08. The average Bonchev–Trinajstić information content (AvgIpc) is 2.77. The van der Waals surface area contributed by atoms with E-state index < -0.39 is 11.9 Å². The average molecular weight is 477 g/mol. The fraction of sp³-hybridized carbons (Fsp3) is 0.727. The van der Waals surface area contributed by atoms with Crippen LogP contribution in [0.5, 0.6) is 0 Å². The van der Waals surface area contributed by atoms with Crippen molar-refractivity contribution in [2.75, 3.05) is 38.8 Å². The van der Waals surface area contributed by atoms with E-state index in [9.17, 15) is 19.2 Å². The second-order valence-corrected chi connectivity index (χ2v) is 7.50. The molecule has 0 radical (unpaired) electrons. The van der Waals surface area contributed by atoms with Gasteiger partial charge in [0.05, 0.1) is 44.2 Å². The van der Waals surface area contributed by atoms with Crippen LogP contribution in [-0.4, -0.2) is 62.7 Å². The van der Waals surface area contributed by atoms with Gasteiger partial charge in [-0.15, -0.1) is 0 Å². The van der Waals surface area contributed by atoms with Gasteiger partial charge in [0.15, 0.2) is 0 Å². The molecule has 0 spiro atoms. The number of hydrogen-bond donors (Lipinski definition) is 0. The minimum atomic E-state index is -0.654. The lowest BCUT2D eigenvalue weighted by Crippen LogP contribution is -2.11. The summed E-state index contributed by atoms with van der Waals surface area (Å²) in [6.07, 6.45) is 7.27. The van der Waals surface area contributed by atoms with E-state index >= 15 is 0 Å². The SMILES string of the molecule is CCCCOC(=O)/C=C\C(=O)OCCOCCSOC(=O)CCCCC(=O)OCCCC. The number of ether oxygens (including phenoxy) is 4. The summed E-state index contributed by atoms with van der Waals surface area (Å²) in [5.74, 6) is -1.37. The predicted octanol–water partition coefficient (Wildman–Crippen LogP) is 3.54. The highest BCUT2D eigenvalue weighted by atomic mass is 32.2. The van der Waals surface area contributed by atoms with Crippen LogP contribution in [0.3, 0.4) is 0 Å². The molecule has 0 aliphatic heterocycles. The number of hydrogen-bond acceptors (Lipinski definition) is 10. The Morgan fingerprint density at radius 2 is 1.22 bits per heavy atom. The second-order valence-electron chi connectivity index (χ2n) is 6.69. The van der Waals surface area contributed by atoms with Crippen molar-refractivity contribution < 1.29 is 42.3 Å². The zero-order valence-corrected chi connectivity index (χ0v) is 20.0. The summed E-state index contributed by atoms with van der Waals surface area (Å²) >= 11 is 0.986. The van der Waals surface area contributed by atoms with Crippen LogP contribution in [0.15, 0.2) is 12.2 Å². The highest BCUT2D eigenvalue weighted by Gasteiger charge is 2.07. The van der Waals surface area contributed by atoms with Gasteiger partial charge in [0.25, 0.3) is 0 Å². The normalized spacial score (nSPS) is 10.7. The van der Waals surface area contributed by atoms with Crippen molar-refractivity contribution >= 4 is 35.9 Å². The third kappa shape index (κ3) is 21.2. The van der Waals surface area contributed by atoms with Crippen LogP contribution in [0.1, 0.15) is 65.2 Å². The van der Waals surface area contributed by atoms with Gasteiger partial charge in [0, 0.05) is 25.0 Å². The first kappa shape index (κ1) is 29.9. The first-order chi connectivity index (χ1) is 15.5. The molecule has 0 fully saturated rings. The van der Waals surface area contributed by atoms with E-state index in [0.29, 0.717) is 44.8 Å². The Labute approximate surface area is 194 Å². The molecule has 0 bridgehead atoms. The van der Waals surface area contributed by atoms with Crippen molar-refractivity contribution in [2.24, 2.45) is 0 Å². The molecule has 0 amide bonds. The maximum atomic E-state index is 11.6. The monoisotopic (exact) mass is 476 g/mol. The molecule has 0 rings (SSSR count). The summed E-state index contributed by atoms with van der Waals surface area (Å²) in [5, 5.41) is 0. The summed E-state index contributed by atoms with van der Waals surface area (Å²) in [4.78, 5) is 45.7. The molecular formula is C22H36O9S. The fourth-order valence-electron chi connectivity index (χ4n) is 2.04. The highest BCUT2D eigenvalue weighted by molar-refractivity contribution is 7.95. The summed E-state index contributed by atoms with van der Waals surface area (Å²) in [6, 6.07) is 0. The van der Waals surface area contributed by atoms with Crippen molar-refractivity contribution in [1.29, 1.82) is 0 Å². The van der Waals surface area contributed by atoms with Crippen LogP contribution in [0.2, 0.25) is 0 Å². The molecule has 0 aromatic heterocycles. The molecule has 0 aromatic rings. The summed E-state index contributed by atoms with van der Waals surface area (Å²) in [5.41, 5.74) is 0. The quantitative estimate of drug-likeness (QED) is 0.0849. The molecule has 10 heteroatoms.